The Kier molecular flexibility index (Phi) is 8.92. The molecule has 4 aromatic carbocycles. The minimum absolute atomic E-state index is 0.518. The third-order valence-electron chi connectivity index (χ3n) is 10.1. The molecule has 2 fully saturated rings. The van der Waals surface area contributed by atoms with Crippen molar-refractivity contribution in [1.82, 2.24) is 0 Å². The molecule has 2 saturated carbocycles. The number of primary amides is 2. The third kappa shape index (κ3) is 6.60. The van der Waals surface area contributed by atoms with E-state index in [1.807, 2.05) is 60.7 Å². The Labute approximate surface area is 265 Å². The van der Waals surface area contributed by atoms with Crippen LogP contribution in [0.1, 0.15) is 68.9 Å². The Balaban J connectivity index is 1.16. The van der Waals surface area contributed by atoms with Crippen molar-refractivity contribution in [2.24, 2.45) is 23.3 Å². The number of hydrogen-bond donors (Lipinski definition) is 2. The predicted octanol–water partition coefficient (Wildman–Crippen LogP) is 9.07. The molecule has 6 rings (SSSR count). The first kappa shape index (κ1) is 30.4. The predicted molar refractivity (Wildman–Crippen MR) is 177 cm³/mol. The van der Waals surface area contributed by atoms with Crippen molar-refractivity contribution in [3.63, 3.8) is 0 Å². The summed E-state index contributed by atoms with van der Waals surface area (Å²) in [5.74, 6) is 1.04. The van der Waals surface area contributed by atoms with Gasteiger partial charge in [0.2, 0.25) is 0 Å². The van der Waals surface area contributed by atoms with E-state index in [0.717, 1.165) is 91.2 Å². The number of benzene rings is 4. The molecule has 232 valence electrons. The van der Waals surface area contributed by atoms with E-state index in [-0.39, 0.29) is 0 Å². The van der Waals surface area contributed by atoms with E-state index >= 15 is 0 Å². The molecule has 4 aromatic rings. The fraction of sp³-hybridized carbons (Fsp3) is 0.333. The topological polar surface area (TPSA) is 105 Å². The van der Waals surface area contributed by atoms with Crippen molar-refractivity contribution in [3.8, 4) is 22.3 Å². The minimum Gasteiger partial charge on any atom is -0.438 e. The Bertz CT molecular complexity index is 1480. The number of carbonyl (C=O) groups excluding carboxylic acids is 2. The molecular weight excluding hydrogens is 560 g/mol. The zero-order valence-corrected chi connectivity index (χ0v) is 25.7. The maximum absolute atomic E-state index is 12.2. The quantitative estimate of drug-likeness (QED) is 0.210. The lowest BCUT2D eigenvalue weighted by Crippen LogP contribution is -2.40. The second-order valence-corrected chi connectivity index (χ2v) is 12.8. The van der Waals surface area contributed by atoms with Gasteiger partial charge in [0.25, 0.3) is 0 Å². The van der Waals surface area contributed by atoms with E-state index in [1.165, 1.54) is 0 Å². The zero-order chi connectivity index (χ0) is 31.3. The smallest absolute Gasteiger partial charge is 0.405 e. The van der Waals surface area contributed by atoms with E-state index in [0.29, 0.717) is 11.8 Å². The molecule has 6 heteroatoms. The highest BCUT2D eigenvalue weighted by molar-refractivity contribution is 5.72. The van der Waals surface area contributed by atoms with Crippen molar-refractivity contribution in [2.45, 2.75) is 69.0 Å². The maximum Gasteiger partial charge on any atom is 0.405 e. The lowest BCUT2D eigenvalue weighted by molar-refractivity contribution is -0.0398. The molecule has 0 aromatic heterocycles. The highest BCUT2D eigenvalue weighted by Gasteiger charge is 2.44. The van der Waals surface area contributed by atoms with Crippen molar-refractivity contribution in [3.05, 3.63) is 120 Å². The molecule has 2 aliphatic rings. The van der Waals surface area contributed by atoms with E-state index in [9.17, 15) is 9.59 Å². The molecular formula is C39H42N2O4. The zero-order valence-electron chi connectivity index (χ0n) is 25.7. The van der Waals surface area contributed by atoms with Gasteiger partial charge in [-0.15, -0.1) is 0 Å². The molecule has 0 spiro atoms. The molecule has 0 atom stereocenters. The Morgan fingerprint density at radius 2 is 0.867 bits per heavy atom. The van der Waals surface area contributed by atoms with E-state index in [4.69, 9.17) is 20.9 Å². The summed E-state index contributed by atoms with van der Waals surface area (Å²) in [7, 11) is 0. The molecule has 0 heterocycles. The van der Waals surface area contributed by atoms with Gasteiger partial charge in [0, 0.05) is 11.1 Å². The number of amides is 2. The SMILES string of the molecule is NC(=O)OC1(c2ccccc2-c2ccccc2)CCC(CC2CCC(OC(N)=O)(c3ccccc3-c3ccccc3)CC2)CC1. The summed E-state index contributed by atoms with van der Waals surface area (Å²) in [5.41, 5.74) is 16.2. The summed E-state index contributed by atoms with van der Waals surface area (Å²) in [6.45, 7) is 0. The average molecular weight is 603 g/mol. The van der Waals surface area contributed by atoms with Gasteiger partial charge in [-0.25, -0.2) is 9.59 Å². The summed E-state index contributed by atoms with van der Waals surface area (Å²) in [6, 6.07) is 36.9. The fourth-order valence-electron chi connectivity index (χ4n) is 7.97. The highest BCUT2D eigenvalue weighted by Crippen LogP contribution is 2.50. The highest BCUT2D eigenvalue weighted by atomic mass is 16.6. The van der Waals surface area contributed by atoms with Crippen LogP contribution in [0.15, 0.2) is 109 Å². The average Bonchev–Trinajstić information content (AvgIpc) is 3.07. The van der Waals surface area contributed by atoms with Crippen molar-refractivity contribution >= 4 is 12.2 Å². The molecule has 2 amide bonds. The first-order valence-electron chi connectivity index (χ1n) is 16.1. The van der Waals surface area contributed by atoms with Crippen LogP contribution in [-0.4, -0.2) is 12.2 Å². The van der Waals surface area contributed by atoms with Crippen LogP contribution in [0.25, 0.3) is 22.3 Å². The molecule has 4 N–H and O–H groups in total. The largest absolute Gasteiger partial charge is 0.438 e. The number of ether oxygens (including phenoxy) is 2. The molecule has 2 aliphatic carbocycles. The van der Waals surface area contributed by atoms with Gasteiger partial charge in [-0.3, -0.25) is 0 Å². The number of carbonyl (C=O) groups is 2. The number of rotatable bonds is 8. The van der Waals surface area contributed by atoms with Crippen LogP contribution >= 0.6 is 0 Å². The van der Waals surface area contributed by atoms with E-state index < -0.39 is 23.4 Å². The lowest BCUT2D eigenvalue weighted by atomic mass is 9.67. The first-order chi connectivity index (χ1) is 21.9. The monoisotopic (exact) mass is 602 g/mol. The summed E-state index contributed by atoms with van der Waals surface area (Å²) in [5, 5.41) is 0. The van der Waals surface area contributed by atoms with E-state index in [1.54, 1.807) is 0 Å². The molecule has 45 heavy (non-hydrogen) atoms. The summed E-state index contributed by atoms with van der Waals surface area (Å²) in [6.07, 6.45) is 6.37. The van der Waals surface area contributed by atoms with Gasteiger partial charge in [0.15, 0.2) is 0 Å². The van der Waals surface area contributed by atoms with Crippen LogP contribution in [0.2, 0.25) is 0 Å². The van der Waals surface area contributed by atoms with Gasteiger partial charge in [-0.1, -0.05) is 109 Å². The van der Waals surface area contributed by atoms with Crippen LogP contribution in [0.3, 0.4) is 0 Å². The molecule has 6 nitrogen and oxygen atoms in total. The summed E-state index contributed by atoms with van der Waals surface area (Å²) >= 11 is 0. The van der Waals surface area contributed by atoms with Crippen molar-refractivity contribution in [2.75, 3.05) is 0 Å². The van der Waals surface area contributed by atoms with Gasteiger partial charge in [-0.2, -0.15) is 0 Å². The first-order valence-corrected chi connectivity index (χ1v) is 16.1. The Morgan fingerprint density at radius 3 is 1.22 bits per heavy atom. The molecule has 0 unspecified atom stereocenters. The van der Waals surface area contributed by atoms with E-state index in [2.05, 4.69) is 48.5 Å². The van der Waals surface area contributed by atoms with Gasteiger partial charge >= 0.3 is 12.2 Å². The minimum atomic E-state index is -0.743. The van der Waals surface area contributed by atoms with Crippen molar-refractivity contribution in [1.29, 1.82) is 0 Å². The maximum atomic E-state index is 12.2. The second-order valence-electron chi connectivity index (χ2n) is 12.8. The second kappa shape index (κ2) is 13.2. The van der Waals surface area contributed by atoms with Crippen LogP contribution in [0.5, 0.6) is 0 Å². The molecule has 0 bridgehead atoms. The standard InChI is InChI=1S/C39H42N2O4/c40-36(42)44-38(34-17-9-7-15-32(34)30-11-3-1-4-12-30)23-19-28(20-24-38)27-29-21-25-39(26-22-29,45-37(41)43)35-18-10-8-16-33(35)31-13-5-2-6-14-31/h1-18,28-29H,19-27H2,(H2,40,42)(H2,41,43). The van der Waals surface area contributed by atoms with Gasteiger partial charge < -0.3 is 20.9 Å². The van der Waals surface area contributed by atoms with Gasteiger partial charge in [0.05, 0.1) is 0 Å². The Hall–Kier alpha value is -4.58. The molecule has 0 aliphatic heterocycles. The normalized spacial score (nSPS) is 24.8. The van der Waals surface area contributed by atoms with Crippen LogP contribution in [0, 0.1) is 11.8 Å². The summed E-state index contributed by atoms with van der Waals surface area (Å²) < 4.78 is 12.0. The van der Waals surface area contributed by atoms with Gasteiger partial charge in [0.1, 0.15) is 11.2 Å². The number of hydrogen-bond acceptors (Lipinski definition) is 4. The summed E-state index contributed by atoms with van der Waals surface area (Å²) in [4.78, 5) is 24.4. The molecule has 0 saturated heterocycles. The molecule has 0 radical (unpaired) electrons. The third-order valence-corrected chi connectivity index (χ3v) is 10.1. The number of nitrogens with two attached hydrogens (primary N) is 2. The fourth-order valence-corrected chi connectivity index (χ4v) is 7.97. The van der Waals surface area contributed by atoms with Gasteiger partial charge in [-0.05, 0) is 91.9 Å². The van der Waals surface area contributed by atoms with Crippen molar-refractivity contribution < 1.29 is 19.1 Å². The van der Waals surface area contributed by atoms with Crippen LogP contribution < -0.4 is 11.5 Å². The van der Waals surface area contributed by atoms with Crippen LogP contribution in [0.4, 0.5) is 9.59 Å². The Morgan fingerprint density at radius 1 is 0.533 bits per heavy atom. The lowest BCUT2D eigenvalue weighted by Gasteiger charge is -2.43. The van der Waals surface area contributed by atoms with Crippen LogP contribution in [-0.2, 0) is 20.7 Å².